The van der Waals surface area contributed by atoms with E-state index in [1.165, 1.54) is 23.0 Å². The first-order valence-corrected chi connectivity index (χ1v) is 8.14. The van der Waals surface area contributed by atoms with Gasteiger partial charge < -0.3 is 5.32 Å². The molecule has 0 aliphatic heterocycles. The summed E-state index contributed by atoms with van der Waals surface area (Å²) in [6.45, 7) is 3.68. The highest BCUT2D eigenvalue weighted by Gasteiger charge is 2.16. The molecule has 1 aromatic heterocycles. The van der Waals surface area contributed by atoms with E-state index >= 15 is 0 Å². The Kier molecular flexibility index (Phi) is 5.15. The van der Waals surface area contributed by atoms with Crippen LogP contribution in [0.15, 0.2) is 55.2 Å². The Labute approximate surface area is 163 Å². The zero-order chi connectivity index (χ0) is 20.3. The number of amides is 1. The number of nitro benzene ring substituents is 1. The highest BCUT2D eigenvalue weighted by atomic mass is 35.5. The van der Waals surface area contributed by atoms with Gasteiger partial charge in [0.25, 0.3) is 11.6 Å². The second kappa shape index (κ2) is 7.69. The van der Waals surface area contributed by atoms with Gasteiger partial charge in [-0.1, -0.05) is 35.5 Å². The summed E-state index contributed by atoms with van der Waals surface area (Å²) in [5, 5.41) is 30.9. The molecule has 1 heterocycles. The van der Waals surface area contributed by atoms with Crippen molar-refractivity contribution >= 4 is 34.6 Å². The van der Waals surface area contributed by atoms with E-state index in [0.29, 0.717) is 10.7 Å². The zero-order valence-corrected chi connectivity index (χ0v) is 14.9. The summed E-state index contributed by atoms with van der Waals surface area (Å²) in [7, 11) is 0. The second-order valence-electron chi connectivity index (χ2n) is 5.55. The molecule has 0 radical (unpaired) electrons. The van der Waals surface area contributed by atoms with Crippen LogP contribution in [-0.4, -0.2) is 25.8 Å². The number of carbonyl (C=O) groups excluding carboxylic acids is 1. The topological polar surface area (TPSA) is 127 Å². The van der Waals surface area contributed by atoms with Crippen LogP contribution in [0.1, 0.15) is 5.56 Å². The number of halogens is 1. The first kappa shape index (κ1) is 18.8. The van der Waals surface area contributed by atoms with Gasteiger partial charge in [0.05, 0.1) is 22.4 Å². The predicted octanol–water partition coefficient (Wildman–Crippen LogP) is 3.49. The summed E-state index contributed by atoms with van der Waals surface area (Å²) in [6, 6.07) is 12.3. The van der Waals surface area contributed by atoms with Gasteiger partial charge in [-0.25, -0.2) is 4.68 Å². The predicted molar refractivity (Wildman–Crippen MR) is 102 cm³/mol. The Morgan fingerprint density at radius 1 is 1.29 bits per heavy atom. The summed E-state index contributed by atoms with van der Waals surface area (Å²) < 4.78 is 1.19. The fourth-order valence-electron chi connectivity index (χ4n) is 2.29. The summed E-state index contributed by atoms with van der Waals surface area (Å²) >= 11 is 5.86. The number of nitrogens with zero attached hydrogens (tertiary/aromatic N) is 5. The Balaban J connectivity index is 1.79. The fourth-order valence-corrected chi connectivity index (χ4v) is 2.42. The van der Waals surface area contributed by atoms with Gasteiger partial charge in [-0.15, -0.1) is 5.10 Å². The molecule has 28 heavy (non-hydrogen) atoms. The molecule has 10 heteroatoms. The van der Waals surface area contributed by atoms with E-state index in [1.807, 2.05) is 6.07 Å². The van der Waals surface area contributed by atoms with Gasteiger partial charge in [0.1, 0.15) is 17.5 Å². The lowest BCUT2D eigenvalue weighted by Crippen LogP contribution is -2.18. The Morgan fingerprint density at radius 3 is 2.64 bits per heavy atom. The molecule has 0 spiro atoms. The monoisotopic (exact) mass is 394 g/mol. The van der Waals surface area contributed by atoms with Crippen molar-refractivity contribution in [1.29, 1.82) is 5.26 Å². The summed E-state index contributed by atoms with van der Waals surface area (Å²) in [5.41, 5.74) is 1.05. The van der Waals surface area contributed by atoms with Crippen molar-refractivity contribution in [2.45, 2.75) is 0 Å². The van der Waals surface area contributed by atoms with Gasteiger partial charge in [0.15, 0.2) is 0 Å². The van der Waals surface area contributed by atoms with Gasteiger partial charge in [-0.2, -0.15) is 5.26 Å². The molecule has 1 amide bonds. The molecule has 0 aliphatic rings. The van der Waals surface area contributed by atoms with Crippen molar-refractivity contribution in [1.82, 2.24) is 15.0 Å². The highest BCUT2D eigenvalue weighted by molar-refractivity contribution is 6.30. The van der Waals surface area contributed by atoms with Crippen molar-refractivity contribution in [3.05, 3.63) is 75.9 Å². The van der Waals surface area contributed by atoms with Crippen LogP contribution < -0.4 is 5.32 Å². The standard InChI is InChI=1S/C18H11ClN6O3/c1-11(24-10-17(22-23-24)12-2-4-14(19)5-3-12)18(26)21-16-7-6-15(25(27)28)8-13(16)9-20/h2-8,10H,1H2,(H,21,26). The van der Waals surface area contributed by atoms with Gasteiger partial charge >= 0.3 is 0 Å². The number of anilines is 1. The number of benzene rings is 2. The molecule has 0 aliphatic carbocycles. The smallest absolute Gasteiger partial charge is 0.273 e. The molecule has 2 aromatic carbocycles. The molecule has 9 nitrogen and oxygen atoms in total. The maximum absolute atomic E-state index is 12.4. The largest absolute Gasteiger partial charge is 0.319 e. The Morgan fingerprint density at radius 2 is 2.00 bits per heavy atom. The number of non-ortho nitro benzene ring substituents is 1. The number of nitriles is 1. The number of hydrogen-bond acceptors (Lipinski definition) is 6. The Bertz CT molecular complexity index is 1130. The lowest BCUT2D eigenvalue weighted by Gasteiger charge is -2.08. The van der Waals surface area contributed by atoms with Crippen molar-refractivity contribution in [3.8, 4) is 17.3 Å². The van der Waals surface area contributed by atoms with Crippen molar-refractivity contribution < 1.29 is 9.72 Å². The number of nitrogens with one attached hydrogen (secondary N) is 1. The molecule has 1 N–H and O–H groups in total. The minimum atomic E-state index is -0.641. The first-order chi connectivity index (χ1) is 13.4. The molecule has 0 atom stereocenters. The Hall–Kier alpha value is -4.03. The quantitative estimate of drug-likeness (QED) is 0.401. The van der Waals surface area contributed by atoms with Crippen LogP contribution in [0.25, 0.3) is 17.0 Å². The number of rotatable bonds is 5. The number of carbonyl (C=O) groups is 1. The number of aromatic nitrogens is 3. The molecular formula is C18H11ClN6O3. The molecule has 0 saturated carbocycles. The first-order valence-electron chi connectivity index (χ1n) is 7.76. The normalized spacial score (nSPS) is 10.1. The van der Waals surface area contributed by atoms with E-state index in [4.69, 9.17) is 16.9 Å². The lowest BCUT2D eigenvalue weighted by atomic mass is 10.1. The second-order valence-corrected chi connectivity index (χ2v) is 5.99. The van der Waals surface area contributed by atoms with Crippen molar-refractivity contribution in [3.63, 3.8) is 0 Å². The SMILES string of the molecule is C=C(C(=O)Nc1ccc([N+](=O)[O-])cc1C#N)n1cc(-c2ccc(Cl)cc2)nn1. The van der Waals surface area contributed by atoms with E-state index in [-0.39, 0.29) is 22.6 Å². The third kappa shape index (κ3) is 3.87. The van der Waals surface area contributed by atoms with Crippen LogP contribution >= 0.6 is 11.6 Å². The maximum Gasteiger partial charge on any atom is 0.273 e. The minimum Gasteiger partial charge on any atom is -0.319 e. The van der Waals surface area contributed by atoms with Gasteiger partial charge in [-0.3, -0.25) is 14.9 Å². The van der Waals surface area contributed by atoms with E-state index in [9.17, 15) is 14.9 Å². The van der Waals surface area contributed by atoms with Crippen LogP contribution in [0.5, 0.6) is 0 Å². The van der Waals surface area contributed by atoms with E-state index in [1.54, 1.807) is 24.3 Å². The average molecular weight is 395 g/mol. The highest BCUT2D eigenvalue weighted by Crippen LogP contribution is 2.23. The van der Waals surface area contributed by atoms with Gasteiger partial charge in [-0.05, 0) is 18.2 Å². The van der Waals surface area contributed by atoms with Crippen LogP contribution in [0.4, 0.5) is 11.4 Å². The summed E-state index contributed by atoms with van der Waals surface area (Å²) in [6.07, 6.45) is 1.52. The van der Waals surface area contributed by atoms with E-state index in [0.717, 1.165) is 11.6 Å². The van der Waals surface area contributed by atoms with Crippen LogP contribution in [0.3, 0.4) is 0 Å². The number of nitro groups is 1. The van der Waals surface area contributed by atoms with E-state index < -0.39 is 10.8 Å². The summed E-state index contributed by atoms with van der Waals surface area (Å²) in [4.78, 5) is 22.6. The average Bonchev–Trinajstić information content (AvgIpc) is 3.18. The van der Waals surface area contributed by atoms with Crippen LogP contribution in [-0.2, 0) is 4.79 Å². The molecule has 3 aromatic rings. The zero-order valence-electron chi connectivity index (χ0n) is 14.2. The number of hydrogen-bond donors (Lipinski definition) is 1. The molecule has 0 saturated heterocycles. The van der Waals surface area contributed by atoms with Crippen LogP contribution in [0.2, 0.25) is 5.02 Å². The molecule has 3 rings (SSSR count). The lowest BCUT2D eigenvalue weighted by molar-refractivity contribution is -0.384. The molecular weight excluding hydrogens is 384 g/mol. The maximum atomic E-state index is 12.4. The molecule has 0 bridgehead atoms. The molecule has 0 fully saturated rings. The summed E-state index contributed by atoms with van der Waals surface area (Å²) in [5.74, 6) is -0.641. The molecule has 138 valence electrons. The third-order valence-electron chi connectivity index (χ3n) is 3.75. The third-order valence-corrected chi connectivity index (χ3v) is 4.01. The van der Waals surface area contributed by atoms with Gasteiger partial charge in [0, 0.05) is 22.7 Å². The van der Waals surface area contributed by atoms with E-state index in [2.05, 4.69) is 22.2 Å². The molecule has 0 unspecified atom stereocenters. The van der Waals surface area contributed by atoms with Crippen molar-refractivity contribution in [2.75, 3.05) is 5.32 Å². The van der Waals surface area contributed by atoms with Gasteiger partial charge in [0.2, 0.25) is 0 Å². The van der Waals surface area contributed by atoms with Crippen molar-refractivity contribution in [2.24, 2.45) is 0 Å². The van der Waals surface area contributed by atoms with Crippen LogP contribution in [0, 0.1) is 21.4 Å². The fraction of sp³-hybridized carbons (Fsp3) is 0. The minimum absolute atomic E-state index is 0.0456.